The Labute approximate surface area is 117 Å². The van der Waals surface area contributed by atoms with Crippen LogP contribution in [0.25, 0.3) is 0 Å². The molecule has 2 aliphatic rings. The first-order valence-electron chi connectivity index (χ1n) is 7.06. The van der Waals surface area contributed by atoms with E-state index in [4.69, 9.17) is 14.5 Å². The van der Waals surface area contributed by atoms with Gasteiger partial charge in [-0.05, 0) is 12.8 Å². The highest BCUT2D eigenvalue weighted by Gasteiger charge is 2.26. The van der Waals surface area contributed by atoms with Crippen LogP contribution in [0.15, 0.2) is 0 Å². The summed E-state index contributed by atoms with van der Waals surface area (Å²) < 4.78 is 10.2. The second kappa shape index (κ2) is 5.85. The van der Waals surface area contributed by atoms with Crippen LogP contribution in [-0.4, -0.2) is 42.8 Å². The zero-order valence-corrected chi connectivity index (χ0v) is 11.6. The predicted octanol–water partition coefficient (Wildman–Crippen LogP) is 0.803. The minimum atomic E-state index is -0.374. The molecule has 6 nitrogen and oxygen atoms in total. The van der Waals surface area contributed by atoms with Gasteiger partial charge in [0.05, 0.1) is 12.8 Å². The van der Waals surface area contributed by atoms with E-state index in [-0.39, 0.29) is 11.9 Å². The molecule has 108 valence electrons. The summed E-state index contributed by atoms with van der Waals surface area (Å²) in [6, 6.07) is 0. The van der Waals surface area contributed by atoms with Crippen LogP contribution in [0.3, 0.4) is 0 Å². The fourth-order valence-electron chi connectivity index (χ4n) is 2.77. The normalized spacial score (nSPS) is 19.4. The Hall–Kier alpha value is -1.53. The van der Waals surface area contributed by atoms with Crippen molar-refractivity contribution in [2.24, 2.45) is 0 Å². The lowest BCUT2D eigenvalue weighted by Crippen LogP contribution is -2.29. The molecular weight excluding hydrogens is 258 g/mol. The highest BCUT2D eigenvalue weighted by Crippen LogP contribution is 2.26. The lowest BCUT2D eigenvalue weighted by molar-refractivity contribution is 0.0590. The molecule has 20 heavy (non-hydrogen) atoms. The number of carbonyl (C=O) groups excluding carboxylic acids is 1. The van der Waals surface area contributed by atoms with Gasteiger partial charge < -0.3 is 14.8 Å². The van der Waals surface area contributed by atoms with Crippen molar-refractivity contribution in [1.82, 2.24) is 15.3 Å². The molecule has 2 aliphatic heterocycles. The number of esters is 1. The summed E-state index contributed by atoms with van der Waals surface area (Å²) in [5, 5.41) is 3.25. The smallest absolute Gasteiger partial charge is 0.357 e. The van der Waals surface area contributed by atoms with Gasteiger partial charge in [-0.1, -0.05) is 0 Å². The monoisotopic (exact) mass is 277 g/mol. The molecule has 0 aromatic carbocycles. The van der Waals surface area contributed by atoms with E-state index in [0.717, 1.165) is 56.1 Å². The van der Waals surface area contributed by atoms with Crippen LogP contribution in [0, 0.1) is 0 Å². The fourth-order valence-corrected chi connectivity index (χ4v) is 2.77. The maximum atomic E-state index is 12.0. The molecule has 0 spiro atoms. The SMILES string of the molecule is COC(=O)c1nc(C2CCOCC2)nc2c1CNCC2. The average molecular weight is 277 g/mol. The lowest BCUT2D eigenvalue weighted by atomic mass is 9.97. The molecule has 1 fully saturated rings. The van der Waals surface area contributed by atoms with E-state index in [1.807, 2.05) is 0 Å². The Morgan fingerprint density at radius 2 is 2.15 bits per heavy atom. The molecule has 0 saturated carbocycles. The molecule has 0 radical (unpaired) electrons. The van der Waals surface area contributed by atoms with Crippen molar-refractivity contribution in [2.75, 3.05) is 26.9 Å². The van der Waals surface area contributed by atoms with E-state index in [0.29, 0.717) is 12.2 Å². The second-order valence-corrected chi connectivity index (χ2v) is 5.16. The number of hydrogen-bond acceptors (Lipinski definition) is 6. The highest BCUT2D eigenvalue weighted by atomic mass is 16.5. The summed E-state index contributed by atoms with van der Waals surface area (Å²) in [5.74, 6) is 0.683. The van der Waals surface area contributed by atoms with Crippen LogP contribution in [-0.2, 0) is 22.4 Å². The quantitative estimate of drug-likeness (QED) is 0.806. The lowest BCUT2D eigenvalue weighted by Gasteiger charge is -2.24. The zero-order valence-electron chi connectivity index (χ0n) is 11.6. The maximum Gasteiger partial charge on any atom is 0.357 e. The molecular formula is C14H19N3O3. The fraction of sp³-hybridized carbons (Fsp3) is 0.643. The number of nitrogens with zero attached hydrogens (tertiary/aromatic N) is 2. The first-order valence-corrected chi connectivity index (χ1v) is 7.06. The summed E-state index contributed by atoms with van der Waals surface area (Å²) in [6.45, 7) is 2.99. The van der Waals surface area contributed by atoms with Gasteiger partial charge in [0.25, 0.3) is 0 Å². The Kier molecular flexibility index (Phi) is 3.93. The van der Waals surface area contributed by atoms with E-state index in [1.54, 1.807) is 0 Å². The van der Waals surface area contributed by atoms with Crippen LogP contribution < -0.4 is 5.32 Å². The Morgan fingerprint density at radius 3 is 2.90 bits per heavy atom. The van der Waals surface area contributed by atoms with Gasteiger partial charge in [0, 0.05) is 44.2 Å². The van der Waals surface area contributed by atoms with Crippen LogP contribution >= 0.6 is 0 Å². The van der Waals surface area contributed by atoms with Crippen molar-refractivity contribution in [2.45, 2.75) is 31.7 Å². The van der Waals surface area contributed by atoms with Gasteiger partial charge in [0.2, 0.25) is 0 Å². The minimum Gasteiger partial charge on any atom is -0.464 e. The topological polar surface area (TPSA) is 73.3 Å². The van der Waals surface area contributed by atoms with Crippen LogP contribution in [0.1, 0.15) is 46.3 Å². The van der Waals surface area contributed by atoms with E-state index >= 15 is 0 Å². The molecule has 0 amide bonds. The standard InChI is InChI=1S/C14H19N3O3/c1-19-14(18)12-10-8-15-5-2-11(10)16-13(17-12)9-3-6-20-7-4-9/h9,15H,2-8H2,1H3. The zero-order chi connectivity index (χ0) is 13.9. The van der Waals surface area contributed by atoms with Gasteiger partial charge in [-0.3, -0.25) is 0 Å². The number of ether oxygens (including phenoxy) is 2. The van der Waals surface area contributed by atoms with Crippen molar-refractivity contribution in [1.29, 1.82) is 0 Å². The average Bonchev–Trinajstić information content (AvgIpc) is 2.54. The predicted molar refractivity (Wildman–Crippen MR) is 71.6 cm³/mol. The summed E-state index contributed by atoms with van der Waals surface area (Å²) in [4.78, 5) is 21.2. The number of nitrogens with one attached hydrogen (secondary N) is 1. The highest BCUT2D eigenvalue weighted by molar-refractivity contribution is 5.89. The molecule has 1 aromatic heterocycles. The van der Waals surface area contributed by atoms with Gasteiger partial charge in [0.15, 0.2) is 5.69 Å². The number of hydrogen-bond donors (Lipinski definition) is 1. The molecule has 6 heteroatoms. The van der Waals surface area contributed by atoms with Crippen molar-refractivity contribution >= 4 is 5.97 Å². The second-order valence-electron chi connectivity index (χ2n) is 5.16. The molecule has 0 atom stereocenters. The molecule has 1 aromatic rings. The third-order valence-electron chi connectivity index (χ3n) is 3.92. The van der Waals surface area contributed by atoms with Gasteiger partial charge in [-0.25, -0.2) is 14.8 Å². The molecule has 1 N–H and O–H groups in total. The first kappa shape index (κ1) is 13.5. The van der Waals surface area contributed by atoms with E-state index in [2.05, 4.69) is 10.3 Å². The van der Waals surface area contributed by atoms with Crippen molar-refractivity contribution in [3.8, 4) is 0 Å². The maximum absolute atomic E-state index is 12.0. The molecule has 0 unspecified atom stereocenters. The Morgan fingerprint density at radius 1 is 1.35 bits per heavy atom. The minimum absolute atomic E-state index is 0.285. The number of aromatic nitrogens is 2. The number of fused-ring (bicyclic) bond motifs is 1. The first-order chi connectivity index (χ1) is 9.79. The van der Waals surface area contributed by atoms with E-state index in [9.17, 15) is 4.79 Å². The van der Waals surface area contributed by atoms with Crippen LogP contribution in [0.5, 0.6) is 0 Å². The summed E-state index contributed by atoms with van der Waals surface area (Å²) in [7, 11) is 1.39. The van der Waals surface area contributed by atoms with Crippen molar-refractivity contribution < 1.29 is 14.3 Å². The summed E-state index contributed by atoms with van der Waals surface area (Å²) in [6.07, 6.45) is 2.66. The number of rotatable bonds is 2. The molecule has 3 rings (SSSR count). The molecule has 1 saturated heterocycles. The molecule has 0 aliphatic carbocycles. The van der Waals surface area contributed by atoms with Crippen LogP contribution in [0.2, 0.25) is 0 Å². The largest absolute Gasteiger partial charge is 0.464 e. The Balaban J connectivity index is 2.00. The van der Waals surface area contributed by atoms with Crippen LogP contribution in [0.4, 0.5) is 0 Å². The van der Waals surface area contributed by atoms with E-state index in [1.165, 1.54) is 7.11 Å². The van der Waals surface area contributed by atoms with Gasteiger partial charge in [0.1, 0.15) is 5.82 Å². The van der Waals surface area contributed by atoms with Gasteiger partial charge in [-0.15, -0.1) is 0 Å². The molecule has 3 heterocycles. The Bertz CT molecular complexity index is 513. The van der Waals surface area contributed by atoms with E-state index < -0.39 is 0 Å². The third kappa shape index (κ3) is 2.53. The van der Waals surface area contributed by atoms with Gasteiger partial charge >= 0.3 is 5.97 Å². The number of methoxy groups -OCH3 is 1. The third-order valence-corrected chi connectivity index (χ3v) is 3.92. The number of carbonyl (C=O) groups is 1. The molecule has 0 bridgehead atoms. The van der Waals surface area contributed by atoms with Gasteiger partial charge in [-0.2, -0.15) is 0 Å². The van der Waals surface area contributed by atoms with Crippen molar-refractivity contribution in [3.63, 3.8) is 0 Å². The summed E-state index contributed by atoms with van der Waals surface area (Å²) >= 11 is 0. The van der Waals surface area contributed by atoms with Crippen molar-refractivity contribution in [3.05, 3.63) is 22.8 Å². The summed E-state index contributed by atoms with van der Waals surface area (Å²) in [5.41, 5.74) is 2.30.